The van der Waals surface area contributed by atoms with Gasteiger partial charge in [0.05, 0.1) is 27.6 Å². The number of para-hydroxylation sites is 1. The number of aryl methyl sites for hydroxylation is 1. The molecule has 1 saturated heterocycles. The van der Waals surface area contributed by atoms with E-state index in [0.717, 1.165) is 21.3 Å². The molecule has 3 heterocycles. The molecule has 2 amide bonds. The zero-order valence-corrected chi connectivity index (χ0v) is 28.2. The summed E-state index contributed by atoms with van der Waals surface area (Å²) < 4.78 is 45.3. The third kappa shape index (κ3) is 8.01. The van der Waals surface area contributed by atoms with E-state index in [1.54, 1.807) is 25.1 Å². The fourth-order valence-electron chi connectivity index (χ4n) is 6.24. The summed E-state index contributed by atoms with van der Waals surface area (Å²) in [5.74, 6) is -0.111. The number of nitrogens with zero attached hydrogens (tertiary/aromatic N) is 3. The van der Waals surface area contributed by atoms with Gasteiger partial charge < -0.3 is 15.1 Å². The second kappa shape index (κ2) is 13.7. The summed E-state index contributed by atoms with van der Waals surface area (Å²) in [6.07, 6.45) is 3.31. The number of nitrogens with one attached hydrogen (secondary N) is 2. The largest absolute Gasteiger partial charge is 0.383 e. The molecule has 0 spiro atoms. The van der Waals surface area contributed by atoms with E-state index >= 15 is 0 Å². The van der Waals surface area contributed by atoms with Crippen molar-refractivity contribution in [3.8, 4) is 0 Å². The zero-order chi connectivity index (χ0) is 32.4. The molecule has 5 rings (SSSR count). The van der Waals surface area contributed by atoms with Crippen LogP contribution in [0.4, 0.5) is 10.1 Å². The monoisotopic (exact) mass is 657 g/mol. The smallest absolute Gasteiger partial charge is 0.243 e. The van der Waals surface area contributed by atoms with Crippen LogP contribution < -0.4 is 10.0 Å². The van der Waals surface area contributed by atoms with E-state index in [9.17, 15) is 22.4 Å². The van der Waals surface area contributed by atoms with E-state index in [0.29, 0.717) is 62.4 Å². The maximum Gasteiger partial charge on any atom is 0.243 e. The molecule has 0 bridgehead atoms. The van der Waals surface area contributed by atoms with Crippen LogP contribution >= 0.6 is 11.3 Å². The Morgan fingerprint density at radius 1 is 1.20 bits per heavy atom. The van der Waals surface area contributed by atoms with Gasteiger partial charge in [0.1, 0.15) is 10.9 Å². The number of likely N-dealkylation sites (tertiary alicyclic amines) is 1. The lowest BCUT2D eigenvalue weighted by molar-refractivity contribution is -0.134. The van der Waals surface area contributed by atoms with Crippen LogP contribution in [-0.2, 0) is 38.9 Å². The van der Waals surface area contributed by atoms with Gasteiger partial charge in [0, 0.05) is 46.6 Å². The summed E-state index contributed by atoms with van der Waals surface area (Å²) in [6.45, 7) is 5.40. The molecule has 1 fully saturated rings. The molecule has 0 aliphatic carbocycles. The first-order valence-corrected chi connectivity index (χ1v) is 18.0. The van der Waals surface area contributed by atoms with E-state index in [1.807, 2.05) is 30.3 Å². The molecule has 0 radical (unpaired) electrons. The molecule has 0 unspecified atom stereocenters. The van der Waals surface area contributed by atoms with Gasteiger partial charge in [0.25, 0.3) is 0 Å². The van der Waals surface area contributed by atoms with Crippen LogP contribution in [0.15, 0.2) is 41.3 Å². The predicted molar refractivity (Wildman–Crippen MR) is 177 cm³/mol. The van der Waals surface area contributed by atoms with Crippen LogP contribution in [0.3, 0.4) is 0 Å². The van der Waals surface area contributed by atoms with Crippen molar-refractivity contribution in [1.82, 2.24) is 19.5 Å². The van der Waals surface area contributed by atoms with E-state index in [2.05, 4.69) is 23.9 Å². The molecule has 3 aromatic rings. The first-order valence-electron chi connectivity index (χ1n) is 15.7. The van der Waals surface area contributed by atoms with E-state index in [-0.39, 0.29) is 47.6 Å². The number of thiazole rings is 1. The highest BCUT2D eigenvalue weighted by molar-refractivity contribution is 7.89. The average Bonchev–Trinajstić information content (AvgIpc) is 3.41. The maximum atomic E-state index is 14.3. The summed E-state index contributed by atoms with van der Waals surface area (Å²) in [4.78, 5) is 34.4. The lowest BCUT2D eigenvalue weighted by Gasteiger charge is -2.35. The summed E-state index contributed by atoms with van der Waals surface area (Å²) in [7, 11) is -0.793. The third-order valence-electron chi connectivity index (χ3n) is 8.83. The maximum absolute atomic E-state index is 14.3. The Labute approximate surface area is 269 Å². The molecule has 1 aromatic heterocycles. The highest BCUT2D eigenvalue weighted by atomic mass is 32.2. The number of amides is 2. The van der Waals surface area contributed by atoms with Gasteiger partial charge >= 0.3 is 0 Å². The van der Waals surface area contributed by atoms with Gasteiger partial charge in [0.15, 0.2) is 0 Å². The summed E-state index contributed by atoms with van der Waals surface area (Å²) in [5, 5.41) is 4.03. The van der Waals surface area contributed by atoms with Gasteiger partial charge in [-0.2, -0.15) is 4.72 Å². The first-order chi connectivity index (χ1) is 21.3. The Kier molecular flexibility index (Phi) is 10.1. The number of halogens is 1. The molecule has 9 nitrogen and oxygen atoms in total. The molecular weight excluding hydrogens is 614 g/mol. The number of carbonyl (C=O) groups excluding carboxylic acids is 2. The van der Waals surface area contributed by atoms with Crippen molar-refractivity contribution in [2.24, 2.45) is 11.3 Å². The number of rotatable bonds is 11. The second-order valence-electron chi connectivity index (χ2n) is 13.3. The summed E-state index contributed by atoms with van der Waals surface area (Å²) in [5.41, 5.74) is 2.90. The van der Waals surface area contributed by atoms with Crippen molar-refractivity contribution >= 4 is 49.1 Å². The standard InChI is InChI=1S/C33H44FN5O4S2/c1-33(2)20-24-17-23(9-10-30(40)38(3)4)18-28(31(24)35-21-33)45(42,43)37-26(19-29-36-25-7-5-6-8-27(25)44-29)32(41)39-15-12-22(11-14-34)13-16-39/h5-8,17-18,22,26,35,37H,9-16,19-21H2,1-4H3/t26-/m0/s1. The summed E-state index contributed by atoms with van der Waals surface area (Å²) >= 11 is 1.45. The Morgan fingerprint density at radius 2 is 1.93 bits per heavy atom. The number of alkyl halides is 1. The zero-order valence-electron chi connectivity index (χ0n) is 26.6. The molecule has 244 valence electrons. The van der Waals surface area contributed by atoms with Crippen LogP contribution in [0.5, 0.6) is 0 Å². The van der Waals surface area contributed by atoms with Crippen LogP contribution in [0.2, 0.25) is 0 Å². The highest BCUT2D eigenvalue weighted by Gasteiger charge is 2.36. The predicted octanol–water partition coefficient (Wildman–Crippen LogP) is 4.80. The van der Waals surface area contributed by atoms with E-state index in [1.165, 1.54) is 16.2 Å². The Balaban J connectivity index is 1.47. The number of piperidine rings is 1. The number of benzene rings is 2. The van der Waals surface area contributed by atoms with Crippen LogP contribution in [0.25, 0.3) is 10.2 Å². The highest BCUT2D eigenvalue weighted by Crippen LogP contribution is 2.38. The normalized spacial score (nSPS) is 17.5. The minimum atomic E-state index is -4.20. The minimum Gasteiger partial charge on any atom is -0.383 e. The van der Waals surface area contributed by atoms with Gasteiger partial charge in [-0.15, -0.1) is 11.3 Å². The number of anilines is 1. The molecule has 2 aliphatic rings. The van der Waals surface area contributed by atoms with Crippen LogP contribution in [0, 0.1) is 11.3 Å². The van der Waals surface area contributed by atoms with Crippen molar-refractivity contribution in [2.75, 3.05) is 45.7 Å². The quantitative estimate of drug-likeness (QED) is 0.307. The van der Waals surface area contributed by atoms with Crippen molar-refractivity contribution < 1.29 is 22.4 Å². The van der Waals surface area contributed by atoms with Gasteiger partial charge in [-0.25, -0.2) is 13.4 Å². The Bertz CT molecular complexity index is 1610. The topological polar surface area (TPSA) is 112 Å². The number of fused-ring (bicyclic) bond motifs is 2. The van der Waals surface area contributed by atoms with Crippen molar-refractivity contribution in [1.29, 1.82) is 0 Å². The molecule has 2 aromatic carbocycles. The molecule has 0 saturated carbocycles. The van der Waals surface area contributed by atoms with Gasteiger partial charge in [-0.3, -0.25) is 14.0 Å². The number of hydrogen-bond acceptors (Lipinski definition) is 7. The molecule has 2 N–H and O–H groups in total. The van der Waals surface area contributed by atoms with Crippen molar-refractivity contribution in [2.45, 2.75) is 69.7 Å². The molecule has 2 aliphatic heterocycles. The number of aromatic nitrogens is 1. The van der Waals surface area contributed by atoms with E-state index < -0.39 is 16.1 Å². The van der Waals surface area contributed by atoms with Gasteiger partial charge in [0.2, 0.25) is 21.8 Å². The Hall–Kier alpha value is -3.09. The van der Waals surface area contributed by atoms with Crippen LogP contribution in [0.1, 0.15) is 55.7 Å². The Morgan fingerprint density at radius 3 is 2.62 bits per heavy atom. The molecule has 1 atom stereocenters. The number of carbonyl (C=O) groups is 2. The average molecular weight is 658 g/mol. The fourth-order valence-corrected chi connectivity index (χ4v) is 8.72. The molecule has 45 heavy (non-hydrogen) atoms. The second-order valence-corrected chi connectivity index (χ2v) is 16.1. The third-order valence-corrected chi connectivity index (χ3v) is 11.4. The molecule has 12 heteroatoms. The van der Waals surface area contributed by atoms with E-state index in [4.69, 9.17) is 4.98 Å². The first kappa shape index (κ1) is 33.3. The fraction of sp³-hybridized carbons (Fsp3) is 0.545. The van der Waals surface area contributed by atoms with Crippen molar-refractivity contribution in [3.63, 3.8) is 0 Å². The SMILES string of the molecule is CN(C)C(=O)CCc1cc2c(c(S(=O)(=O)N[C@@H](Cc3nc4ccccc4s3)C(=O)N3CCC(CCF)CC3)c1)NCC(C)(C)C2. The summed E-state index contributed by atoms with van der Waals surface area (Å²) in [6, 6.07) is 10.2. The molecular formula is C33H44FN5O4S2. The number of sulfonamides is 1. The van der Waals surface area contributed by atoms with Gasteiger partial charge in [-0.05, 0) is 72.8 Å². The minimum absolute atomic E-state index is 0.0366. The number of hydrogen-bond donors (Lipinski definition) is 2. The van der Waals surface area contributed by atoms with Crippen molar-refractivity contribution in [3.05, 3.63) is 52.5 Å². The van der Waals surface area contributed by atoms with Crippen LogP contribution in [-0.4, -0.2) is 81.5 Å². The lowest BCUT2D eigenvalue weighted by atomic mass is 9.81. The van der Waals surface area contributed by atoms with Gasteiger partial charge in [-0.1, -0.05) is 32.0 Å². The lowest BCUT2D eigenvalue weighted by Crippen LogP contribution is -2.51.